The lowest BCUT2D eigenvalue weighted by molar-refractivity contribution is 0.295. The lowest BCUT2D eigenvalue weighted by atomic mass is 10.2. The Morgan fingerprint density at radius 3 is 2.47 bits per heavy atom. The van der Waals surface area contributed by atoms with Gasteiger partial charge in [0, 0.05) is 13.2 Å². The first-order valence-corrected chi connectivity index (χ1v) is 7.46. The van der Waals surface area contributed by atoms with Crippen LogP contribution in [0.25, 0.3) is 0 Å². The summed E-state index contributed by atoms with van der Waals surface area (Å²) in [6, 6.07) is 5.19. The van der Waals surface area contributed by atoms with Crippen molar-refractivity contribution in [3.63, 3.8) is 0 Å². The fraction of sp³-hybridized carbons (Fsp3) is 0.500. The summed E-state index contributed by atoms with van der Waals surface area (Å²) < 4.78 is 35.8. The van der Waals surface area contributed by atoms with Crippen LogP contribution in [0.3, 0.4) is 0 Å². The zero-order chi connectivity index (χ0) is 14.3. The van der Waals surface area contributed by atoms with Crippen molar-refractivity contribution in [3.05, 3.63) is 23.8 Å². The number of aliphatic hydroxyl groups excluding tert-OH is 1. The van der Waals surface area contributed by atoms with Crippen molar-refractivity contribution >= 4 is 10.0 Å². The molecule has 0 unspecified atom stereocenters. The van der Waals surface area contributed by atoms with Crippen molar-refractivity contribution < 1.29 is 23.0 Å². The number of hydrogen-bond acceptors (Lipinski definition) is 5. The van der Waals surface area contributed by atoms with E-state index in [2.05, 4.69) is 4.72 Å². The molecule has 0 bridgehead atoms. The van der Waals surface area contributed by atoms with E-state index in [1.807, 2.05) is 0 Å². The molecule has 0 radical (unpaired) electrons. The van der Waals surface area contributed by atoms with E-state index in [0.29, 0.717) is 11.5 Å². The van der Waals surface area contributed by atoms with Crippen molar-refractivity contribution in [1.29, 1.82) is 0 Å². The zero-order valence-corrected chi connectivity index (χ0v) is 11.9. The van der Waals surface area contributed by atoms with E-state index in [1.54, 1.807) is 18.2 Å². The third-order valence-corrected chi connectivity index (χ3v) is 3.93. The van der Waals surface area contributed by atoms with Crippen LogP contribution in [0, 0.1) is 0 Å². The number of hydrogen-bond donors (Lipinski definition) is 2. The van der Waals surface area contributed by atoms with Crippen LogP contribution in [0.1, 0.15) is 12.0 Å². The minimum Gasteiger partial charge on any atom is -0.493 e. The Balaban J connectivity index is 2.68. The maximum atomic E-state index is 11.6. The highest BCUT2D eigenvalue weighted by Gasteiger charge is 2.10. The Morgan fingerprint density at radius 2 is 1.89 bits per heavy atom. The molecule has 0 saturated carbocycles. The molecule has 2 N–H and O–H groups in total. The van der Waals surface area contributed by atoms with Crippen LogP contribution in [-0.2, 0) is 16.6 Å². The number of nitrogens with one attached hydrogen (secondary N) is 1. The number of aliphatic hydroxyl groups is 1. The van der Waals surface area contributed by atoms with Crippen molar-refractivity contribution in [2.24, 2.45) is 0 Å². The van der Waals surface area contributed by atoms with Crippen LogP contribution >= 0.6 is 0 Å². The van der Waals surface area contributed by atoms with E-state index in [-0.39, 0.29) is 25.3 Å². The molecule has 0 aliphatic carbocycles. The summed E-state index contributed by atoms with van der Waals surface area (Å²) >= 11 is 0. The molecule has 0 fully saturated rings. The predicted octanol–water partition coefficient (Wildman–Crippen LogP) is 0.506. The summed E-state index contributed by atoms with van der Waals surface area (Å²) in [7, 11) is -0.302. The van der Waals surface area contributed by atoms with Gasteiger partial charge >= 0.3 is 0 Å². The van der Waals surface area contributed by atoms with Gasteiger partial charge in [-0.15, -0.1) is 0 Å². The van der Waals surface area contributed by atoms with E-state index in [9.17, 15) is 8.42 Å². The monoisotopic (exact) mass is 289 g/mol. The summed E-state index contributed by atoms with van der Waals surface area (Å²) in [6.45, 7) is 0.0331. The van der Waals surface area contributed by atoms with Crippen LogP contribution in [0.2, 0.25) is 0 Å². The maximum absolute atomic E-state index is 11.6. The minimum absolute atomic E-state index is 0.0865. The first-order chi connectivity index (χ1) is 9.02. The molecule has 0 atom stereocenters. The third kappa shape index (κ3) is 5.06. The Labute approximate surface area is 113 Å². The normalized spacial score (nSPS) is 11.3. The second-order valence-electron chi connectivity index (χ2n) is 3.91. The van der Waals surface area contributed by atoms with Gasteiger partial charge in [0.2, 0.25) is 10.0 Å². The largest absolute Gasteiger partial charge is 0.493 e. The molecule has 0 aliphatic rings. The molecule has 1 aromatic rings. The van der Waals surface area contributed by atoms with E-state index in [0.717, 1.165) is 5.56 Å². The lowest BCUT2D eigenvalue weighted by Crippen LogP contribution is -2.26. The van der Waals surface area contributed by atoms with Gasteiger partial charge in [0.1, 0.15) is 0 Å². The quantitative estimate of drug-likeness (QED) is 0.728. The molecule has 7 heteroatoms. The second-order valence-corrected chi connectivity index (χ2v) is 5.83. The zero-order valence-electron chi connectivity index (χ0n) is 11.0. The molecule has 1 aromatic carbocycles. The van der Waals surface area contributed by atoms with Gasteiger partial charge in [-0.1, -0.05) is 6.07 Å². The molecule has 0 aliphatic heterocycles. The molecule has 0 amide bonds. The fourth-order valence-corrected chi connectivity index (χ4v) is 2.55. The van der Waals surface area contributed by atoms with Crippen molar-refractivity contribution in [1.82, 2.24) is 4.72 Å². The topological polar surface area (TPSA) is 84.9 Å². The summed E-state index contributed by atoms with van der Waals surface area (Å²) in [5.74, 6) is 1.06. The molecule has 0 aromatic heterocycles. The Hall–Kier alpha value is -1.31. The number of ether oxygens (including phenoxy) is 2. The lowest BCUT2D eigenvalue weighted by Gasteiger charge is -2.10. The molecule has 108 valence electrons. The molecule has 1 rings (SSSR count). The summed E-state index contributed by atoms with van der Waals surface area (Å²) in [5, 5.41) is 8.62. The predicted molar refractivity (Wildman–Crippen MR) is 71.9 cm³/mol. The van der Waals surface area contributed by atoms with E-state index in [4.69, 9.17) is 14.6 Å². The van der Waals surface area contributed by atoms with Gasteiger partial charge in [-0.2, -0.15) is 0 Å². The summed E-state index contributed by atoms with van der Waals surface area (Å²) in [6.07, 6.45) is 0.223. The third-order valence-electron chi connectivity index (χ3n) is 2.52. The van der Waals surface area contributed by atoms with Crippen LogP contribution in [-0.4, -0.2) is 40.1 Å². The highest BCUT2D eigenvalue weighted by Crippen LogP contribution is 2.27. The molecule has 0 spiro atoms. The minimum atomic E-state index is -3.36. The van der Waals surface area contributed by atoms with Gasteiger partial charge in [-0.3, -0.25) is 0 Å². The van der Waals surface area contributed by atoms with Gasteiger partial charge in [0.15, 0.2) is 11.5 Å². The van der Waals surface area contributed by atoms with Crippen LogP contribution in [0.5, 0.6) is 11.5 Å². The summed E-state index contributed by atoms with van der Waals surface area (Å²) in [5.41, 5.74) is 0.769. The van der Waals surface area contributed by atoms with E-state index in [1.165, 1.54) is 14.2 Å². The van der Waals surface area contributed by atoms with Gasteiger partial charge in [-0.25, -0.2) is 13.1 Å². The average molecular weight is 289 g/mol. The number of rotatable bonds is 8. The van der Waals surface area contributed by atoms with Crippen molar-refractivity contribution in [2.75, 3.05) is 26.6 Å². The van der Waals surface area contributed by atoms with Gasteiger partial charge in [0.25, 0.3) is 0 Å². The first-order valence-electron chi connectivity index (χ1n) is 5.81. The van der Waals surface area contributed by atoms with Gasteiger partial charge in [-0.05, 0) is 24.1 Å². The van der Waals surface area contributed by atoms with Crippen LogP contribution in [0.15, 0.2) is 18.2 Å². The van der Waals surface area contributed by atoms with E-state index < -0.39 is 10.0 Å². The molecule has 19 heavy (non-hydrogen) atoms. The highest BCUT2D eigenvalue weighted by molar-refractivity contribution is 7.89. The SMILES string of the molecule is COc1ccc(CNS(=O)(=O)CCCO)cc1OC. The Kier molecular flexibility index (Phi) is 6.07. The van der Waals surface area contributed by atoms with Crippen LogP contribution < -0.4 is 14.2 Å². The number of sulfonamides is 1. The molecule has 6 nitrogen and oxygen atoms in total. The molecular weight excluding hydrogens is 270 g/mol. The van der Waals surface area contributed by atoms with Crippen molar-refractivity contribution in [2.45, 2.75) is 13.0 Å². The van der Waals surface area contributed by atoms with E-state index >= 15 is 0 Å². The number of benzene rings is 1. The standard InChI is InChI=1S/C12H19NO5S/c1-17-11-5-4-10(8-12(11)18-2)9-13-19(15,16)7-3-6-14/h4-5,8,13-14H,3,6-7,9H2,1-2H3. The number of methoxy groups -OCH3 is 2. The second kappa shape index (κ2) is 7.32. The van der Waals surface area contributed by atoms with Crippen LogP contribution in [0.4, 0.5) is 0 Å². The molecule has 0 heterocycles. The highest BCUT2D eigenvalue weighted by atomic mass is 32.2. The van der Waals surface area contributed by atoms with Gasteiger partial charge < -0.3 is 14.6 Å². The smallest absolute Gasteiger partial charge is 0.211 e. The Bertz CT molecular complexity index is 501. The fourth-order valence-electron chi connectivity index (χ4n) is 1.51. The average Bonchev–Trinajstić information content (AvgIpc) is 2.42. The molecule has 0 saturated heterocycles. The van der Waals surface area contributed by atoms with Crippen molar-refractivity contribution in [3.8, 4) is 11.5 Å². The Morgan fingerprint density at radius 1 is 1.21 bits per heavy atom. The summed E-state index contributed by atoms with van der Waals surface area (Å²) in [4.78, 5) is 0. The molecular formula is C12H19NO5S. The maximum Gasteiger partial charge on any atom is 0.211 e. The van der Waals surface area contributed by atoms with Gasteiger partial charge in [0.05, 0.1) is 20.0 Å². The first kappa shape index (κ1) is 15.7.